The van der Waals surface area contributed by atoms with Gasteiger partial charge in [-0.25, -0.2) is 19.9 Å². The molecule has 11 rings (SSSR count). The highest BCUT2D eigenvalue weighted by atomic mass is 35.5. The molecule has 6 aromatic carbocycles. The number of hydrogen-bond donors (Lipinski definition) is 0. The van der Waals surface area contributed by atoms with Gasteiger partial charge in [-0.15, -0.1) is 22.7 Å². The van der Waals surface area contributed by atoms with Crippen molar-refractivity contribution in [3.63, 3.8) is 0 Å². The van der Waals surface area contributed by atoms with Crippen LogP contribution in [0.15, 0.2) is 133 Å². The van der Waals surface area contributed by atoms with E-state index in [0.29, 0.717) is 16.1 Å². The zero-order valence-electron chi connectivity index (χ0n) is 31.8. The normalized spacial score (nSPS) is 14.6. The second-order valence-electron chi connectivity index (χ2n) is 14.9. The van der Waals surface area contributed by atoms with Crippen LogP contribution in [0, 0.1) is 0 Å². The van der Waals surface area contributed by atoms with E-state index in [1.807, 2.05) is 54.6 Å². The summed E-state index contributed by atoms with van der Waals surface area (Å²) in [4.78, 5) is 19.2. The van der Waals surface area contributed by atoms with Gasteiger partial charge in [0.05, 0.1) is 22.0 Å². The van der Waals surface area contributed by atoms with Crippen LogP contribution in [0.25, 0.3) is 73.5 Å². The van der Waals surface area contributed by atoms with Crippen LogP contribution in [0.1, 0.15) is 27.7 Å². The highest BCUT2D eigenvalue weighted by Gasteiger charge is 2.51. The molecule has 1 fully saturated rings. The molecule has 0 atom stereocenters. The Labute approximate surface area is 358 Å². The summed E-state index contributed by atoms with van der Waals surface area (Å²) in [5, 5.41) is 10.00. The maximum atomic E-state index is 6.51. The molecular formula is C46H34BCl3N4O2S2. The number of aromatic nitrogens is 4. The fraction of sp³-hybridized carbons (Fsp3) is 0.130. The Morgan fingerprint density at radius 2 is 0.983 bits per heavy atom. The average molecular weight is 856 g/mol. The molecule has 0 radical (unpaired) electrons. The van der Waals surface area contributed by atoms with Gasteiger partial charge in [0.2, 0.25) is 5.28 Å². The van der Waals surface area contributed by atoms with Gasteiger partial charge in [0.15, 0.2) is 5.82 Å². The van der Waals surface area contributed by atoms with E-state index in [1.165, 1.54) is 26.2 Å². The van der Waals surface area contributed by atoms with Crippen molar-refractivity contribution in [1.29, 1.82) is 0 Å². The number of benzene rings is 6. The van der Waals surface area contributed by atoms with Crippen LogP contribution in [-0.2, 0) is 9.31 Å². The van der Waals surface area contributed by atoms with E-state index in [-0.39, 0.29) is 23.6 Å². The predicted octanol–water partition coefficient (Wildman–Crippen LogP) is 13.6. The minimum absolute atomic E-state index is 0.194. The van der Waals surface area contributed by atoms with E-state index in [0.717, 1.165) is 46.9 Å². The summed E-state index contributed by atoms with van der Waals surface area (Å²) in [6.45, 7) is 8.31. The third-order valence-corrected chi connectivity index (χ3v) is 13.5. The van der Waals surface area contributed by atoms with E-state index in [2.05, 4.69) is 122 Å². The van der Waals surface area contributed by atoms with Gasteiger partial charge in [-0.1, -0.05) is 138 Å². The van der Waals surface area contributed by atoms with Crippen LogP contribution in [0.4, 0.5) is 0 Å². The monoisotopic (exact) mass is 854 g/mol. The molecule has 286 valence electrons. The lowest BCUT2D eigenvalue weighted by Gasteiger charge is -2.32. The minimum atomic E-state index is -0.288. The molecule has 10 aromatic rings. The number of rotatable bonds is 2. The van der Waals surface area contributed by atoms with Crippen molar-refractivity contribution in [2.45, 2.75) is 38.9 Å². The topological polar surface area (TPSA) is 70.0 Å². The average Bonchev–Trinajstić information content (AvgIpc) is 3.85. The van der Waals surface area contributed by atoms with Crippen LogP contribution < -0.4 is 5.46 Å². The summed E-state index contributed by atoms with van der Waals surface area (Å²) in [5.74, 6) is 0.671. The van der Waals surface area contributed by atoms with Crippen LogP contribution in [0.3, 0.4) is 0 Å². The third kappa shape index (κ3) is 7.41. The summed E-state index contributed by atoms with van der Waals surface area (Å²) in [6, 6.07) is 45.4. The molecule has 1 aliphatic rings. The summed E-state index contributed by atoms with van der Waals surface area (Å²) < 4.78 is 14.5. The standard InChI is InChI=1S/C20H11ClN2S.C16H19BO2.C10H4Cl2N2S/c21-18-17-15-7-3-4-8-16(15)24-20(17)23-19(22-18)14-10-9-12-5-1-2-6-13(12)11-14;1-15(2)16(3,4)19-17(18-15)14-10-9-12-7-5-6-8-13(12)11-14;11-8-7-5-3-1-2-4-6(5)15-9(7)14-10(12)13-8/h1-11H;5-11H,1-4H3;1-4H. The maximum Gasteiger partial charge on any atom is 0.494 e. The Bertz CT molecular complexity index is 3150. The van der Waals surface area contributed by atoms with Gasteiger partial charge >= 0.3 is 7.12 Å². The molecule has 0 spiro atoms. The first-order valence-corrected chi connectivity index (χ1v) is 21.4. The van der Waals surface area contributed by atoms with E-state index in [9.17, 15) is 0 Å². The SMILES string of the molecule is CC1(C)OB(c2ccc3ccccc3c2)OC1(C)C.Clc1nc(-c2ccc3ccccc3c2)nc2sc3ccccc3c12.Clc1nc(Cl)c2c(n1)sc1ccccc12. The zero-order valence-corrected chi connectivity index (χ0v) is 35.7. The van der Waals surface area contributed by atoms with Crippen molar-refractivity contribution in [2.24, 2.45) is 0 Å². The Morgan fingerprint density at radius 1 is 0.500 bits per heavy atom. The molecule has 0 bridgehead atoms. The number of thiophene rings is 2. The zero-order chi connectivity index (χ0) is 40.2. The van der Waals surface area contributed by atoms with Gasteiger partial charge in [-0.3, -0.25) is 0 Å². The molecule has 12 heteroatoms. The van der Waals surface area contributed by atoms with E-state index in [4.69, 9.17) is 49.1 Å². The lowest BCUT2D eigenvalue weighted by molar-refractivity contribution is 0.00578. The lowest BCUT2D eigenvalue weighted by Crippen LogP contribution is -2.41. The fourth-order valence-electron chi connectivity index (χ4n) is 6.93. The number of halogens is 3. The van der Waals surface area contributed by atoms with Gasteiger partial charge in [0.1, 0.15) is 20.0 Å². The third-order valence-electron chi connectivity index (χ3n) is 10.7. The molecule has 58 heavy (non-hydrogen) atoms. The van der Waals surface area contributed by atoms with Crippen LogP contribution in [0.2, 0.25) is 15.6 Å². The first kappa shape index (κ1) is 38.8. The molecule has 4 aromatic heterocycles. The fourth-order valence-corrected chi connectivity index (χ4v) is 10.00. The number of fused-ring (bicyclic) bond motifs is 8. The summed E-state index contributed by atoms with van der Waals surface area (Å²) in [7, 11) is -0.283. The smallest absolute Gasteiger partial charge is 0.399 e. The highest BCUT2D eigenvalue weighted by molar-refractivity contribution is 7.26. The first-order chi connectivity index (χ1) is 27.9. The molecule has 0 N–H and O–H groups in total. The van der Waals surface area contributed by atoms with Crippen molar-refractivity contribution in [3.8, 4) is 11.4 Å². The van der Waals surface area contributed by atoms with Gasteiger partial charge < -0.3 is 9.31 Å². The molecular weight excluding hydrogens is 822 g/mol. The van der Waals surface area contributed by atoms with Crippen LogP contribution in [-0.4, -0.2) is 38.3 Å². The van der Waals surface area contributed by atoms with Crippen molar-refractivity contribution >= 4 is 132 Å². The van der Waals surface area contributed by atoms with Crippen LogP contribution in [0.5, 0.6) is 0 Å². The Morgan fingerprint density at radius 3 is 1.59 bits per heavy atom. The second kappa shape index (κ2) is 15.5. The molecule has 1 aliphatic heterocycles. The maximum absolute atomic E-state index is 6.51. The van der Waals surface area contributed by atoms with Gasteiger partial charge in [-0.2, -0.15) is 0 Å². The number of hydrogen-bond acceptors (Lipinski definition) is 8. The molecule has 0 amide bonds. The molecule has 1 saturated heterocycles. The van der Waals surface area contributed by atoms with E-state index < -0.39 is 0 Å². The molecule has 5 heterocycles. The summed E-state index contributed by atoms with van der Waals surface area (Å²) in [5.41, 5.74) is 1.49. The quantitative estimate of drug-likeness (QED) is 0.0980. The minimum Gasteiger partial charge on any atom is -0.399 e. The molecule has 0 unspecified atom stereocenters. The molecule has 0 aliphatic carbocycles. The molecule has 6 nitrogen and oxygen atoms in total. The van der Waals surface area contributed by atoms with Crippen molar-refractivity contribution in [3.05, 3.63) is 149 Å². The molecule has 0 saturated carbocycles. The summed E-state index contributed by atoms with van der Waals surface area (Å²) >= 11 is 21.5. The van der Waals surface area contributed by atoms with Crippen LogP contribution >= 0.6 is 57.5 Å². The highest BCUT2D eigenvalue weighted by Crippen LogP contribution is 2.39. The Balaban J connectivity index is 0.000000116. The summed E-state index contributed by atoms with van der Waals surface area (Å²) in [6.07, 6.45) is 0. The largest absolute Gasteiger partial charge is 0.494 e. The van der Waals surface area contributed by atoms with E-state index in [1.54, 1.807) is 22.7 Å². The number of nitrogens with zero attached hydrogens (tertiary/aromatic N) is 4. The van der Waals surface area contributed by atoms with Gasteiger partial charge in [0, 0.05) is 25.7 Å². The second-order valence-corrected chi connectivity index (χ2v) is 18.1. The lowest BCUT2D eigenvalue weighted by atomic mass is 9.78. The first-order valence-electron chi connectivity index (χ1n) is 18.6. The van der Waals surface area contributed by atoms with E-state index >= 15 is 0 Å². The predicted molar refractivity (Wildman–Crippen MR) is 247 cm³/mol. The van der Waals surface area contributed by atoms with Crippen molar-refractivity contribution in [2.75, 3.05) is 0 Å². The van der Waals surface area contributed by atoms with Crippen molar-refractivity contribution in [1.82, 2.24) is 19.9 Å². The van der Waals surface area contributed by atoms with Gasteiger partial charge in [-0.05, 0) is 84.5 Å². The van der Waals surface area contributed by atoms with Crippen molar-refractivity contribution < 1.29 is 9.31 Å². The Kier molecular flexibility index (Phi) is 10.4. The Hall–Kier alpha value is -4.71. The van der Waals surface area contributed by atoms with Gasteiger partial charge in [0.25, 0.3) is 0 Å².